The molecule has 5 aromatic rings. The standard InChI is InChI=1S/C34H25N3O3/c1-40-25-17-15-22(16-18-25)31-21-30(35-37(31)24-11-6-3-7-12-24)26-19-20-29-32-27(26)13-8-14-28(32)33(38)36(34(29)39)23-9-4-2-5-10-23/h2-20,31H,21H2,1H3. The lowest BCUT2D eigenvalue weighted by molar-refractivity contribution is 0.0893. The first-order chi connectivity index (χ1) is 19.6. The van der Waals surface area contributed by atoms with Gasteiger partial charge in [0, 0.05) is 28.5 Å². The van der Waals surface area contributed by atoms with Crippen molar-refractivity contribution in [1.82, 2.24) is 0 Å². The molecule has 6 nitrogen and oxygen atoms in total. The van der Waals surface area contributed by atoms with Crippen molar-refractivity contribution < 1.29 is 14.3 Å². The van der Waals surface area contributed by atoms with E-state index in [1.54, 1.807) is 25.3 Å². The lowest BCUT2D eigenvalue weighted by Gasteiger charge is -2.27. The summed E-state index contributed by atoms with van der Waals surface area (Å²) in [5, 5.41) is 8.71. The fourth-order valence-electron chi connectivity index (χ4n) is 5.74. The molecule has 0 spiro atoms. The molecule has 2 amide bonds. The van der Waals surface area contributed by atoms with Gasteiger partial charge in [0.05, 0.1) is 30.2 Å². The van der Waals surface area contributed by atoms with Gasteiger partial charge in [-0.2, -0.15) is 5.10 Å². The average molecular weight is 524 g/mol. The Morgan fingerprint density at radius 2 is 1.30 bits per heavy atom. The number of imide groups is 1. The molecule has 2 heterocycles. The maximum absolute atomic E-state index is 13.6. The molecule has 40 heavy (non-hydrogen) atoms. The van der Waals surface area contributed by atoms with E-state index in [9.17, 15) is 9.59 Å². The zero-order valence-corrected chi connectivity index (χ0v) is 21.8. The van der Waals surface area contributed by atoms with Crippen molar-refractivity contribution in [3.05, 3.63) is 138 Å². The topological polar surface area (TPSA) is 62.2 Å². The molecule has 0 N–H and O–H groups in total. The Labute approximate surface area is 231 Å². The van der Waals surface area contributed by atoms with Gasteiger partial charge < -0.3 is 4.74 Å². The predicted molar refractivity (Wildman–Crippen MR) is 157 cm³/mol. The predicted octanol–water partition coefficient (Wildman–Crippen LogP) is 7.00. The molecule has 1 unspecified atom stereocenters. The molecule has 0 fully saturated rings. The average Bonchev–Trinajstić information content (AvgIpc) is 3.46. The SMILES string of the molecule is COc1ccc(C2CC(c3ccc4c5c(cccc35)C(=O)N(c3ccccc3)C4=O)=NN2c2ccccc2)cc1. The quantitative estimate of drug-likeness (QED) is 0.233. The maximum Gasteiger partial charge on any atom is 0.265 e. The summed E-state index contributed by atoms with van der Waals surface area (Å²) in [6.07, 6.45) is 0.665. The summed E-state index contributed by atoms with van der Waals surface area (Å²) in [5.74, 6) is 0.167. The third kappa shape index (κ3) is 3.76. The summed E-state index contributed by atoms with van der Waals surface area (Å²) >= 11 is 0. The zero-order valence-electron chi connectivity index (χ0n) is 21.8. The highest BCUT2D eigenvalue weighted by atomic mass is 16.5. The number of anilines is 2. The molecule has 0 bridgehead atoms. The number of ether oxygens (including phenoxy) is 1. The van der Waals surface area contributed by atoms with Gasteiger partial charge in [0.25, 0.3) is 11.8 Å². The molecule has 194 valence electrons. The van der Waals surface area contributed by atoms with Gasteiger partial charge in [0.1, 0.15) is 5.75 Å². The minimum absolute atomic E-state index is 0.0223. The van der Waals surface area contributed by atoms with Gasteiger partial charge in [-0.25, -0.2) is 4.90 Å². The molecule has 6 heteroatoms. The Bertz CT molecular complexity index is 1780. The molecule has 2 aliphatic rings. The highest BCUT2D eigenvalue weighted by molar-refractivity contribution is 6.36. The van der Waals surface area contributed by atoms with Gasteiger partial charge in [-0.05, 0) is 59.5 Å². The van der Waals surface area contributed by atoms with Crippen LogP contribution in [0.15, 0.2) is 120 Å². The number of methoxy groups -OCH3 is 1. The second kappa shape index (κ2) is 9.50. The number of hydrogen-bond acceptors (Lipinski definition) is 5. The highest BCUT2D eigenvalue weighted by Gasteiger charge is 2.36. The fraction of sp³-hybridized carbons (Fsp3) is 0.0882. The number of benzene rings is 5. The molecular formula is C34H25N3O3. The van der Waals surface area contributed by atoms with Crippen molar-refractivity contribution >= 4 is 39.7 Å². The molecule has 7 rings (SSSR count). The normalized spacial score (nSPS) is 16.4. The molecule has 0 radical (unpaired) electrons. The number of carbonyl (C=O) groups excluding carboxylic acids is 2. The van der Waals surface area contributed by atoms with Crippen molar-refractivity contribution in [3.63, 3.8) is 0 Å². The number of hydrogen-bond donors (Lipinski definition) is 0. The van der Waals surface area contributed by atoms with Crippen LogP contribution in [0.3, 0.4) is 0 Å². The van der Waals surface area contributed by atoms with Crippen molar-refractivity contribution in [3.8, 4) is 5.75 Å². The van der Waals surface area contributed by atoms with Crippen LogP contribution in [-0.4, -0.2) is 24.6 Å². The Morgan fingerprint density at radius 3 is 1.98 bits per heavy atom. The zero-order chi connectivity index (χ0) is 27.2. The van der Waals surface area contributed by atoms with Gasteiger partial charge in [0.15, 0.2) is 0 Å². The largest absolute Gasteiger partial charge is 0.497 e. The monoisotopic (exact) mass is 523 g/mol. The number of hydrazone groups is 1. The van der Waals surface area contributed by atoms with Crippen LogP contribution in [0, 0.1) is 0 Å². The summed E-state index contributed by atoms with van der Waals surface area (Å²) in [6.45, 7) is 0. The first-order valence-corrected chi connectivity index (χ1v) is 13.2. The smallest absolute Gasteiger partial charge is 0.265 e. The van der Waals surface area contributed by atoms with E-state index in [0.29, 0.717) is 28.6 Å². The van der Waals surface area contributed by atoms with E-state index >= 15 is 0 Å². The summed E-state index contributed by atoms with van der Waals surface area (Å²) < 4.78 is 5.37. The molecule has 2 aliphatic heterocycles. The van der Waals surface area contributed by atoms with E-state index in [1.807, 2.05) is 72.8 Å². The number of para-hydroxylation sites is 2. The van der Waals surface area contributed by atoms with Crippen LogP contribution in [0.1, 0.15) is 44.3 Å². The third-order valence-corrected chi connectivity index (χ3v) is 7.66. The Morgan fingerprint density at radius 1 is 0.675 bits per heavy atom. The Balaban J connectivity index is 1.34. The van der Waals surface area contributed by atoms with E-state index in [2.05, 4.69) is 29.3 Å². The number of rotatable bonds is 5. The van der Waals surface area contributed by atoms with Crippen LogP contribution in [0.5, 0.6) is 5.75 Å². The molecule has 0 saturated heterocycles. The van der Waals surface area contributed by atoms with Gasteiger partial charge in [-0.3, -0.25) is 14.6 Å². The van der Waals surface area contributed by atoms with Crippen molar-refractivity contribution in [2.45, 2.75) is 12.5 Å². The Hall–Kier alpha value is -5.23. The number of carbonyl (C=O) groups is 2. The first kappa shape index (κ1) is 23.9. The lowest BCUT2D eigenvalue weighted by atomic mass is 9.88. The second-order valence-electron chi connectivity index (χ2n) is 9.89. The lowest BCUT2D eigenvalue weighted by Crippen LogP contribution is -2.40. The Kier molecular flexibility index (Phi) is 5.67. The van der Waals surface area contributed by atoms with Crippen LogP contribution in [0.2, 0.25) is 0 Å². The summed E-state index contributed by atoms with van der Waals surface area (Å²) in [4.78, 5) is 28.5. The molecule has 1 atom stereocenters. The second-order valence-corrected chi connectivity index (χ2v) is 9.89. The van der Waals surface area contributed by atoms with Gasteiger partial charge in [0.2, 0.25) is 0 Å². The molecule has 5 aromatic carbocycles. The minimum atomic E-state index is -0.318. The third-order valence-electron chi connectivity index (χ3n) is 7.66. The maximum atomic E-state index is 13.6. The van der Waals surface area contributed by atoms with Crippen LogP contribution in [0.4, 0.5) is 11.4 Å². The summed E-state index contributed by atoms with van der Waals surface area (Å²) in [7, 11) is 1.66. The molecular weight excluding hydrogens is 498 g/mol. The van der Waals surface area contributed by atoms with E-state index in [4.69, 9.17) is 9.84 Å². The molecule has 0 aliphatic carbocycles. The van der Waals surface area contributed by atoms with Crippen LogP contribution in [-0.2, 0) is 0 Å². The van der Waals surface area contributed by atoms with E-state index < -0.39 is 0 Å². The molecule has 0 saturated carbocycles. The van der Waals surface area contributed by atoms with E-state index in [0.717, 1.165) is 33.7 Å². The minimum Gasteiger partial charge on any atom is -0.497 e. The number of amides is 2. The van der Waals surface area contributed by atoms with Gasteiger partial charge in [-0.1, -0.05) is 66.7 Å². The van der Waals surface area contributed by atoms with E-state index in [1.165, 1.54) is 4.90 Å². The van der Waals surface area contributed by atoms with Crippen LogP contribution < -0.4 is 14.6 Å². The number of nitrogens with zero attached hydrogens (tertiary/aromatic N) is 3. The van der Waals surface area contributed by atoms with Crippen molar-refractivity contribution in [1.29, 1.82) is 0 Å². The van der Waals surface area contributed by atoms with Crippen molar-refractivity contribution in [2.24, 2.45) is 5.10 Å². The fourth-order valence-corrected chi connectivity index (χ4v) is 5.74. The summed E-state index contributed by atoms with van der Waals surface area (Å²) in [6, 6.07) is 36.7. The molecule has 0 aromatic heterocycles. The first-order valence-electron chi connectivity index (χ1n) is 13.2. The van der Waals surface area contributed by atoms with Crippen LogP contribution in [0.25, 0.3) is 10.8 Å². The van der Waals surface area contributed by atoms with E-state index in [-0.39, 0.29) is 17.9 Å². The van der Waals surface area contributed by atoms with Gasteiger partial charge in [-0.15, -0.1) is 0 Å². The van der Waals surface area contributed by atoms with Crippen molar-refractivity contribution in [2.75, 3.05) is 17.0 Å². The van der Waals surface area contributed by atoms with Gasteiger partial charge >= 0.3 is 0 Å². The highest BCUT2D eigenvalue weighted by Crippen LogP contribution is 2.40. The van der Waals surface area contributed by atoms with Crippen LogP contribution >= 0.6 is 0 Å². The summed E-state index contributed by atoms with van der Waals surface area (Å²) in [5.41, 5.74) is 5.53.